The minimum absolute atomic E-state index is 0.112. The Labute approximate surface area is 110 Å². The molecule has 0 spiro atoms. The second-order valence-electron chi connectivity index (χ2n) is 5.39. The molecule has 0 aromatic carbocycles. The summed E-state index contributed by atoms with van der Waals surface area (Å²) >= 11 is 0. The van der Waals surface area contributed by atoms with Crippen molar-refractivity contribution >= 4 is 15.8 Å². The number of hydrogen-bond acceptors (Lipinski definition) is 4. The summed E-state index contributed by atoms with van der Waals surface area (Å²) in [5, 5.41) is 3.17. The van der Waals surface area contributed by atoms with Crippen LogP contribution in [-0.4, -0.2) is 36.0 Å². The van der Waals surface area contributed by atoms with Gasteiger partial charge >= 0.3 is 0 Å². The average molecular weight is 273 g/mol. The number of aryl methyl sites for hydroxylation is 1. The van der Waals surface area contributed by atoms with Crippen molar-refractivity contribution in [1.29, 1.82) is 0 Å². The predicted octanol–water partition coefficient (Wildman–Crippen LogP) is 1.69. The SMILES string of the molecule is Cc1cn(CC(C)C)c(NC(C)CS(C)(=O)=O)n1. The monoisotopic (exact) mass is 273 g/mol. The first-order chi connectivity index (χ1) is 8.17. The third-order valence-electron chi connectivity index (χ3n) is 2.39. The van der Waals surface area contributed by atoms with Gasteiger partial charge in [0.15, 0.2) is 0 Å². The fourth-order valence-corrected chi connectivity index (χ4v) is 2.90. The number of aromatic nitrogens is 2. The maximum Gasteiger partial charge on any atom is 0.203 e. The minimum Gasteiger partial charge on any atom is -0.352 e. The number of nitrogens with zero attached hydrogens (tertiary/aromatic N) is 2. The molecular formula is C12H23N3O2S. The maximum absolute atomic E-state index is 11.2. The summed E-state index contributed by atoms with van der Waals surface area (Å²) in [5.41, 5.74) is 0.935. The van der Waals surface area contributed by atoms with E-state index in [0.29, 0.717) is 5.92 Å². The molecule has 1 aromatic rings. The van der Waals surface area contributed by atoms with Crippen molar-refractivity contribution < 1.29 is 8.42 Å². The van der Waals surface area contributed by atoms with Crippen molar-refractivity contribution in [2.24, 2.45) is 5.92 Å². The van der Waals surface area contributed by atoms with Gasteiger partial charge in [-0.2, -0.15) is 0 Å². The van der Waals surface area contributed by atoms with Crippen molar-refractivity contribution in [3.8, 4) is 0 Å². The molecule has 1 unspecified atom stereocenters. The van der Waals surface area contributed by atoms with E-state index < -0.39 is 9.84 Å². The maximum atomic E-state index is 11.2. The van der Waals surface area contributed by atoms with E-state index >= 15 is 0 Å². The lowest BCUT2D eigenvalue weighted by Gasteiger charge is -2.16. The Bertz CT molecular complexity index is 491. The Morgan fingerprint density at radius 1 is 1.39 bits per heavy atom. The zero-order valence-corrected chi connectivity index (χ0v) is 12.6. The lowest BCUT2D eigenvalue weighted by molar-refractivity contribution is 0.524. The zero-order chi connectivity index (χ0) is 13.9. The topological polar surface area (TPSA) is 64.0 Å². The highest BCUT2D eigenvalue weighted by Gasteiger charge is 2.14. The molecule has 0 fully saturated rings. The van der Waals surface area contributed by atoms with E-state index in [1.165, 1.54) is 6.26 Å². The van der Waals surface area contributed by atoms with Gasteiger partial charge in [0, 0.05) is 25.0 Å². The molecule has 1 atom stereocenters. The van der Waals surface area contributed by atoms with E-state index in [9.17, 15) is 8.42 Å². The number of nitrogens with one attached hydrogen (secondary N) is 1. The van der Waals surface area contributed by atoms with Crippen LogP contribution in [0.3, 0.4) is 0 Å². The van der Waals surface area contributed by atoms with Crippen molar-refractivity contribution in [3.63, 3.8) is 0 Å². The van der Waals surface area contributed by atoms with E-state index in [1.54, 1.807) is 0 Å². The van der Waals surface area contributed by atoms with Crippen LogP contribution < -0.4 is 5.32 Å². The highest BCUT2D eigenvalue weighted by Crippen LogP contribution is 2.12. The van der Waals surface area contributed by atoms with Gasteiger partial charge in [0.1, 0.15) is 9.84 Å². The summed E-state index contributed by atoms with van der Waals surface area (Å²) in [6, 6.07) is -0.146. The van der Waals surface area contributed by atoms with Crippen LogP contribution in [0.4, 0.5) is 5.95 Å². The van der Waals surface area contributed by atoms with Gasteiger partial charge in [0.05, 0.1) is 11.4 Å². The van der Waals surface area contributed by atoms with E-state index in [-0.39, 0.29) is 11.8 Å². The molecule has 0 bridgehead atoms. The number of anilines is 1. The van der Waals surface area contributed by atoms with Gasteiger partial charge in [0.2, 0.25) is 5.95 Å². The molecule has 6 heteroatoms. The predicted molar refractivity (Wildman–Crippen MR) is 74.6 cm³/mol. The van der Waals surface area contributed by atoms with Gasteiger partial charge < -0.3 is 9.88 Å². The Morgan fingerprint density at radius 3 is 2.50 bits per heavy atom. The number of imidazole rings is 1. The summed E-state index contributed by atoms with van der Waals surface area (Å²) in [6.45, 7) is 8.93. The summed E-state index contributed by atoms with van der Waals surface area (Å²) in [6.07, 6.45) is 3.23. The van der Waals surface area contributed by atoms with Gasteiger partial charge in [0.25, 0.3) is 0 Å². The lowest BCUT2D eigenvalue weighted by Crippen LogP contribution is -2.26. The first-order valence-electron chi connectivity index (χ1n) is 6.15. The quantitative estimate of drug-likeness (QED) is 0.856. The van der Waals surface area contributed by atoms with Crippen LogP contribution in [0.2, 0.25) is 0 Å². The van der Waals surface area contributed by atoms with E-state index in [0.717, 1.165) is 18.2 Å². The van der Waals surface area contributed by atoms with Crippen LogP contribution in [0.25, 0.3) is 0 Å². The smallest absolute Gasteiger partial charge is 0.203 e. The number of hydrogen-bond donors (Lipinski definition) is 1. The molecule has 18 heavy (non-hydrogen) atoms. The van der Waals surface area contributed by atoms with Crippen LogP contribution in [-0.2, 0) is 16.4 Å². The second-order valence-corrected chi connectivity index (χ2v) is 7.57. The second kappa shape index (κ2) is 5.73. The van der Waals surface area contributed by atoms with Crippen LogP contribution >= 0.6 is 0 Å². The van der Waals surface area contributed by atoms with Crippen molar-refractivity contribution in [1.82, 2.24) is 9.55 Å². The van der Waals surface area contributed by atoms with Gasteiger partial charge in [-0.15, -0.1) is 0 Å². The van der Waals surface area contributed by atoms with Crippen LogP contribution in [0, 0.1) is 12.8 Å². The van der Waals surface area contributed by atoms with Gasteiger partial charge in [-0.05, 0) is 19.8 Å². The molecule has 1 heterocycles. The Balaban J connectivity index is 2.77. The molecule has 1 N–H and O–H groups in total. The molecule has 104 valence electrons. The minimum atomic E-state index is -2.97. The summed E-state index contributed by atoms with van der Waals surface area (Å²) in [5.74, 6) is 1.38. The lowest BCUT2D eigenvalue weighted by atomic mass is 10.2. The normalized spacial score (nSPS) is 13.9. The molecule has 0 aliphatic heterocycles. The summed E-state index contributed by atoms with van der Waals surface area (Å²) < 4.78 is 24.5. The number of rotatable bonds is 6. The third-order valence-corrected chi connectivity index (χ3v) is 3.49. The van der Waals surface area contributed by atoms with E-state index in [1.807, 2.05) is 24.6 Å². The molecule has 0 aliphatic rings. The molecule has 5 nitrogen and oxygen atoms in total. The van der Waals surface area contributed by atoms with Crippen LogP contribution in [0.1, 0.15) is 26.5 Å². The fourth-order valence-electron chi connectivity index (χ4n) is 1.91. The Hall–Kier alpha value is -1.04. The van der Waals surface area contributed by atoms with Crippen molar-refractivity contribution in [3.05, 3.63) is 11.9 Å². The molecule has 1 aromatic heterocycles. The third kappa shape index (κ3) is 5.08. The Morgan fingerprint density at radius 2 is 2.00 bits per heavy atom. The van der Waals surface area contributed by atoms with Crippen LogP contribution in [0.5, 0.6) is 0 Å². The first-order valence-corrected chi connectivity index (χ1v) is 8.21. The summed E-state index contributed by atoms with van der Waals surface area (Å²) in [4.78, 5) is 4.39. The highest BCUT2D eigenvalue weighted by molar-refractivity contribution is 7.90. The molecular weight excluding hydrogens is 250 g/mol. The number of sulfone groups is 1. The van der Waals surface area contributed by atoms with Crippen molar-refractivity contribution in [2.75, 3.05) is 17.3 Å². The largest absolute Gasteiger partial charge is 0.352 e. The van der Waals surface area contributed by atoms with Gasteiger partial charge in [-0.3, -0.25) is 0 Å². The molecule has 0 aliphatic carbocycles. The van der Waals surface area contributed by atoms with Gasteiger partial charge in [-0.25, -0.2) is 13.4 Å². The van der Waals surface area contributed by atoms with E-state index in [2.05, 4.69) is 24.1 Å². The highest BCUT2D eigenvalue weighted by atomic mass is 32.2. The summed E-state index contributed by atoms with van der Waals surface area (Å²) in [7, 11) is -2.97. The fraction of sp³-hybridized carbons (Fsp3) is 0.750. The molecule has 0 saturated heterocycles. The van der Waals surface area contributed by atoms with E-state index in [4.69, 9.17) is 0 Å². The van der Waals surface area contributed by atoms with Gasteiger partial charge in [-0.1, -0.05) is 13.8 Å². The standard InChI is InChI=1S/C12H23N3O2S/c1-9(2)6-15-7-10(3)13-12(15)14-11(4)8-18(5,16)17/h7,9,11H,6,8H2,1-5H3,(H,13,14). The molecule has 0 amide bonds. The zero-order valence-electron chi connectivity index (χ0n) is 11.8. The average Bonchev–Trinajstić information content (AvgIpc) is 2.41. The molecule has 0 saturated carbocycles. The van der Waals surface area contributed by atoms with Crippen LogP contribution in [0.15, 0.2) is 6.20 Å². The first kappa shape index (κ1) is 15.0. The molecule has 1 rings (SSSR count). The molecule has 0 radical (unpaired) electrons. The Kier molecular flexibility index (Phi) is 4.78. The van der Waals surface area contributed by atoms with Crippen molar-refractivity contribution in [2.45, 2.75) is 40.3 Å².